The first kappa shape index (κ1) is 19.1. The van der Waals surface area contributed by atoms with Crippen LogP contribution in [0.25, 0.3) is 0 Å². The molecule has 1 N–H and O–H groups in total. The summed E-state index contributed by atoms with van der Waals surface area (Å²) in [5.41, 5.74) is 5.29. The minimum absolute atomic E-state index is 0.231. The second kappa shape index (κ2) is 8.84. The fraction of sp³-hybridized carbons (Fsp3) is 0.478. The molecular formula is C23H31N3O2. The van der Waals surface area contributed by atoms with Crippen molar-refractivity contribution in [3.63, 3.8) is 0 Å². The van der Waals surface area contributed by atoms with E-state index in [-0.39, 0.29) is 6.10 Å². The van der Waals surface area contributed by atoms with Crippen molar-refractivity contribution in [2.75, 3.05) is 63.7 Å². The van der Waals surface area contributed by atoms with Gasteiger partial charge in [-0.15, -0.1) is 0 Å². The van der Waals surface area contributed by atoms with E-state index in [0.717, 1.165) is 57.9 Å². The Balaban J connectivity index is 1.29. The van der Waals surface area contributed by atoms with Gasteiger partial charge in [-0.05, 0) is 60.4 Å². The van der Waals surface area contributed by atoms with Gasteiger partial charge in [0.1, 0.15) is 5.75 Å². The second-order valence-corrected chi connectivity index (χ2v) is 7.59. The molecule has 2 heterocycles. The van der Waals surface area contributed by atoms with Crippen molar-refractivity contribution in [1.82, 2.24) is 4.90 Å². The first-order valence-corrected chi connectivity index (χ1v) is 10.3. The van der Waals surface area contributed by atoms with Crippen molar-refractivity contribution < 1.29 is 9.47 Å². The van der Waals surface area contributed by atoms with Crippen molar-refractivity contribution in [3.05, 3.63) is 53.6 Å². The molecule has 2 aliphatic rings. The average Bonchev–Trinajstić information content (AvgIpc) is 2.77. The van der Waals surface area contributed by atoms with Crippen LogP contribution in [0.4, 0.5) is 11.4 Å². The molecule has 1 unspecified atom stereocenters. The molecule has 0 saturated carbocycles. The van der Waals surface area contributed by atoms with Crippen LogP contribution >= 0.6 is 0 Å². The summed E-state index contributed by atoms with van der Waals surface area (Å²) in [6.45, 7) is 6.26. The number of rotatable bonds is 6. The lowest BCUT2D eigenvalue weighted by Crippen LogP contribution is -2.46. The molecule has 0 amide bonds. The summed E-state index contributed by atoms with van der Waals surface area (Å²) in [5, 5.41) is 3.24. The van der Waals surface area contributed by atoms with Crippen LogP contribution in [-0.2, 0) is 11.2 Å². The molecule has 2 aromatic rings. The Labute approximate surface area is 168 Å². The Kier molecular flexibility index (Phi) is 6.03. The molecular weight excluding hydrogens is 350 g/mol. The van der Waals surface area contributed by atoms with E-state index in [4.69, 9.17) is 9.47 Å². The Morgan fingerprint density at radius 2 is 1.86 bits per heavy atom. The largest absolute Gasteiger partial charge is 0.497 e. The van der Waals surface area contributed by atoms with Gasteiger partial charge in [-0.1, -0.05) is 6.07 Å². The van der Waals surface area contributed by atoms with Crippen LogP contribution in [0.15, 0.2) is 42.5 Å². The highest BCUT2D eigenvalue weighted by molar-refractivity contribution is 5.50. The third-order valence-electron chi connectivity index (χ3n) is 5.99. The molecule has 150 valence electrons. The number of nitrogens with one attached hydrogen (secondary N) is 1. The highest BCUT2D eigenvalue weighted by Crippen LogP contribution is 2.31. The van der Waals surface area contributed by atoms with Crippen LogP contribution in [-0.4, -0.2) is 58.4 Å². The van der Waals surface area contributed by atoms with E-state index in [0.29, 0.717) is 0 Å². The molecule has 5 nitrogen and oxygen atoms in total. The van der Waals surface area contributed by atoms with E-state index < -0.39 is 0 Å². The number of piperazine rings is 1. The molecule has 5 heteroatoms. The monoisotopic (exact) mass is 381 g/mol. The van der Waals surface area contributed by atoms with Gasteiger partial charge in [0.05, 0.1) is 19.8 Å². The lowest BCUT2D eigenvalue weighted by atomic mass is 9.95. The molecule has 0 bridgehead atoms. The third-order valence-corrected chi connectivity index (χ3v) is 5.99. The minimum atomic E-state index is 0.231. The quantitative estimate of drug-likeness (QED) is 0.828. The van der Waals surface area contributed by atoms with Crippen molar-refractivity contribution in [2.45, 2.75) is 18.9 Å². The number of hydrogen-bond donors (Lipinski definition) is 1. The van der Waals surface area contributed by atoms with E-state index in [1.54, 1.807) is 7.11 Å². The summed E-state index contributed by atoms with van der Waals surface area (Å²) >= 11 is 0. The summed E-state index contributed by atoms with van der Waals surface area (Å²) < 4.78 is 11.4. The van der Waals surface area contributed by atoms with E-state index >= 15 is 0 Å². The third kappa shape index (κ3) is 4.26. The highest BCUT2D eigenvalue weighted by atomic mass is 16.5. The van der Waals surface area contributed by atoms with Gasteiger partial charge in [-0.2, -0.15) is 0 Å². The number of nitrogens with zero attached hydrogens (tertiary/aromatic N) is 2. The number of ether oxygens (including phenoxy) is 2. The van der Waals surface area contributed by atoms with Gasteiger partial charge >= 0.3 is 0 Å². The van der Waals surface area contributed by atoms with Gasteiger partial charge in [0.2, 0.25) is 0 Å². The fourth-order valence-electron chi connectivity index (χ4n) is 4.25. The van der Waals surface area contributed by atoms with Crippen LogP contribution in [0.3, 0.4) is 0 Å². The zero-order chi connectivity index (χ0) is 19.3. The highest BCUT2D eigenvalue weighted by Gasteiger charge is 2.23. The summed E-state index contributed by atoms with van der Waals surface area (Å²) in [6, 6.07) is 15.1. The fourth-order valence-corrected chi connectivity index (χ4v) is 4.25. The number of fused-ring (bicyclic) bond motifs is 1. The molecule has 2 aliphatic heterocycles. The minimum Gasteiger partial charge on any atom is -0.497 e. The van der Waals surface area contributed by atoms with Crippen LogP contribution in [0.2, 0.25) is 0 Å². The maximum Gasteiger partial charge on any atom is 0.119 e. The molecule has 0 aliphatic carbocycles. The van der Waals surface area contributed by atoms with Crippen molar-refractivity contribution >= 4 is 11.4 Å². The smallest absolute Gasteiger partial charge is 0.119 e. The summed E-state index contributed by atoms with van der Waals surface area (Å²) in [6.07, 6.45) is 2.31. The molecule has 1 saturated heterocycles. The molecule has 4 rings (SSSR count). The Hall–Kier alpha value is -2.24. The number of benzene rings is 2. The van der Waals surface area contributed by atoms with E-state index in [9.17, 15) is 0 Å². The Bertz CT molecular complexity index is 770. The molecule has 28 heavy (non-hydrogen) atoms. The van der Waals surface area contributed by atoms with Gasteiger partial charge in [0.15, 0.2) is 0 Å². The Morgan fingerprint density at radius 3 is 2.57 bits per heavy atom. The first-order chi connectivity index (χ1) is 13.8. The summed E-state index contributed by atoms with van der Waals surface area (Å²) in [4.78, 5) is 5.03. The average molecular weight is 382 g/mol. The number of methoxy groups -OCH3 is 1. The zero-order valence-corrected chi connectivity index (χ0v) is 17.0. The standard InChI is InChI=1S/C23H31N3O2/c1-24-19-3-8-22-18(17-19)10-16-28-23(22)9-11-25-12-14-26(15-13-25)20-4-6-21(27-2)7-5-20/h3-8,17,23-24H,9-16H2,1-2H3. The number of anilines is 2. The lowest BCUT2D eigenvalue weighted by Gasteiger charge is -2.37. The zero-order valence-electron chi connectivity index (χ0n) is 17.0. The summed E-state index contributed by atoms with van der Waals surface area (Å²) in [5.74, 6) is 0.914. The second-order valence-electron chi connectivity index (χ2n) is 7.59. The summed E-state index contributed by atoms with van der Waals surface area (Å²) in [7, 11) is 3.69. The van der Waals surface area contributed by atoms with Gasteiger partial charge in [0.25, 0.3) is 0 Å². The molecule has 0 spiro atoms. The first-order valence-electron chi connectivity index (χ1n) is 10.3. The van der Waals surface area contributed by atoms with E-state index in [2.05, 4.69) is 45.4 Å². The van der Waals surface area contributed by atoms with Crippen LogP contribution in [0.1, 0.15) is 23.7 Å². The van der Waals surface area contributed by atoms with Crippen LogP contribution < -0.4 is 15.0 Å². The normalized spacial score (nSPS) is 19.9. The topological polar surface area (TPSA) is 37.0 Å². The molecule has 0 aromatic heterocycles. The molecule has 1 atom stereocenters. The van der Waals surface area contributed by atoms with Gasteiger partial charge in [-0.3, -0.25) is 4.90 Å². The van der Waals surface area contributed by atoms with Crippen LogP contribution in [0.5, 0.6) is 5.75 Å². The van der Waals surface area contributed by atoms with Crippen molar-refractivity contribution in [3.8, 4) is 5.75 Å². The van der Waals surface area contributed by atoms with Gasteiger partial charge in [-0.25, -0.2) is 0 Å². The molecule has 1 fully saturated rings. The van der Waals surface area contributed by atoms with Crippen molar-refractivity contribution in [1.29, 1.82) is 0 Å². The molecule has 0 radical (unpaired) electrons. The maximum absolute atomic E-state index is 6.11. The van der Waals surface area contributed by atoms with Crippen molar-refractivity contribution in [2.24, 2.45) is 0 Å². The van der Waals surface area contributed by atoms with E-state index in [1.165, 1.54) is 22.5 Å². The number of hydrogen-bond acceptors (Lipinski definition) is 5. The molecule has 2 aromatic carbocycles. The maximum atomic E-state index is 6.11. The Morgan fingerprint density at radius 1 is 1.07 bits per heavy atom. The van der Waals surface area contributed by atoms with Gasteiger partial charge < -0.3 is 19.7 Å². The lowest BCUT2D eigenvalue weighted by molar-refractivity contribution is 0.0289. The SMILES string of the molecule is CNc1ccc2c(c1)CCOC2CCN1CCN(c2ccc(OC)cc2)CC1. The van der Waals surface area contributed by atoms with Crippen LogP contribution in [0, 0.1) is 0 Å². The van der Waals surface area contributed by atoms with E-state index in [1.807, 2.05) is 19.2 Å². The predicted molar refractivity (Wildman–Crippen MR) is 115 cm³/mol. The van der Waals surface area contributed by atoms with Gasteiger partial charge in [0, 0.05) is 51.1 Å². The predicted octanol–water partition coefficient (Wildman–Crippen LogP) is 3.56.